The number of thiol groups is 1. The average Bonchev–Trinajstić information content (AvgIpc) is 3.00. The average molecular weight is 416 g/mol. The summed E-state index contributed by atoms with van der Waals surface area (Å²) in [5.41, 5.74) is 3.09. The van der Waals surface area contributed by atoms with Crippen LogP contribution in [-0.2, 0) is 15.7 Å². The molecule has 2 aromatic carbocycles. The second-order valence-electron chi connectivity index (χ2n) is 7.44. The lowest BCUT2D eigenvalue weighted by atomic mass is 10.1. The fraction of sp³-hybridized carbons (Fsp3) is 0.333. The molecule has 0 saturated carbocycles. The van der Waals surface area contributed by atoms with Crippen LogP contribution in [0, 0.1) is 19.8 Å². The summed E-state index contributed by atoms with van der Waals surface area (Å²) in [4.78, 5) is 25.9. The summed E-state index contributed by atoms with van der Waals surface area (Å²) in [5, 5.41) is 2.86. The summed E-state index contributed by atoms with van der Waals surface area (Å²) in [6.45, 7) is 4.75. The van der Waals surface area contributed by atoms with Gasteiger partial charge < -0.3 is 10.2 Å². The van der Waals surface area contributed by atoms with Crippen LogP contribution in [0.15, 0.2) is 42.5 Å². The van der Waals surface area contributed by atoms with Crippen molar-refractivity contribution in [3.05, 3.63) is 59.2 Å². The molecule has 1 atom stereocenters. The van der Waals surface area contributed by atoms with Gasteiger partial charge in [0.25, 0.3) is 5.91 Å². The van der Waals surface area contributed by atoms with E-state index in [4.69, 9.17) is 0 Å². The van der Waals surface area contributed by atoms with Crippen LogP contribution in [0.5, 0.6) is 0 Å². The number of aryl methyl sites for hydroxylation is 2. The van der Waals surface area contributed by atoms with E-state index in [1.807, 2.05) is 19.1 Å². The van der Waals surface area contributed by atoms with E-state index in [2.05, 4.69) is 5.32 Å². The molecule has 8 heteroatoms. The number of hydrogen-bond donors (Lipinski definition) is 2. The third-order valence-corrected chi connectivity index (χ3v) is 5.89. The van der Waals surface area contributed by atoms with E-state index < -0.39 is 10.9 Å². The molecule has 1 fully saturated rings. The lowest BCUT2D eigenvalue weighted by Gasteiger charge is -2.21. The van der Waals surface area contributed by atoms with Crippen LogP contribution in [-0.4, -0.2) is 45.3 Å². The molecule has 2 aromatic rings. The topological polar surface area (TPSA) is 86.8 Å². The third-order valence-electron chi connectivity index (χ3n) is 5.11. The molecule has 1 aliphatic heterocycles. The Kier molecular flexibility index (Phi) is 6.22. The number of likely N-dealkylation sites (tertiary alicyclic amines) is 1. The van der Waals surface area contributed by atoms with Crippen molar-refractivity contribution in [2.45, 2.75) is 20.3 Å². The quantitative estimate of drug-likeness (QED) is 0.708. The fourth-order valence-electron chi connectivity index (χ4n) is 3.42. The molecule has 29 heavy (non-hydrogen) atoms. The van der Waals surface area contributed by atoms with E-state index in [0.717, 1.165) is 11.1 Å². The van der Waals surface area contributed by atoms with Gasteiger partial charge in [-0.2, -0.15) is 0 Å². The van der Waals surface area contributed by atoms with E-state index in [1.54, 1.807) is 49.2 Å². The first-order valence-electron chi connectivity index (χ1n) is 9.40. The fourth-order valence-corrected chi connectivity index (χ4v) is 4.13. The first-order valence-corrected chi connectivity index (χ1v) is 10.5. The van der Waals surface area contributed by atoms with Gasteiger partial charge in [-0.25, -0.2) is 12.7 Å². The Morgan fingerprint density at radius 2 is 1.86 bits per heavy atom. The zero-order valence-electron chi connectivity index (χ0n) is 16.7. The molecule has 1 unspecified atom stereocenters. The van der Waals surface area contributed by atoms with Gasteiger partial charge in [0.1, 0.15) is 0 Å². The second kappa shape index (κ2) is 8.65. The van der Waals surface area contributed by atoms with E-state index in [-0.39, 0.29) is 17.7 Å². The van der Waals surface area contributed by atoms with Crippen LogP contribution in [0.25, 0.3) is 0 Å². The van der Waals surface area contributed by atoms with Gasteiger partial charge in [-0.15, -0.1) is 0 Å². The molecule has 154 valence electrons. The SMILES string of the molecule is Cc1ccc(N(c2cc(C(=O)NCC3CC(=O)N(C)C3)ccc2C)[SH](=O)=O)cc1. The van der Waals surface area contributed by atoms with Crippen LogP contribution < -0.4 is 9.62 Å². The van der Waals surface area contributed by atoms with Crippen molar-refractivity contribution in [1.82, 2.24) is 10.2 Å². The minimum absolute atomic E-state index is 0.0786. The molecule has 2 amide bonds. The molecule has 1 N–H and O–H groups in total. The first kappa shape index (κ1) is 20.9. The number of nitrogens with one attached hydrogen (secondary N) is 1. The van der Waals surface area contributed by atoms with Crippen LogP contribution in [0.1, 0.15) is 27.9 Å². The highest BCUT2D eigenvalue weighted by atomic mass is 32.2. The van der Waals surface area contributed by atoms with Crippen molar-refractivity contribution in [3.63, 3.8) is 0 Å². The molecule has 0 aliphatic carbocycles. The van der Waals surface area contributed by atoms with Crippen LogP contribution in [0.2, 0.25) is 0 Å². The second-order valence-corrected chi connectivity index (χ2v) is 8.32. The van der Waals surface area contributed by atoms with Crippen molar-refractivity contribution < 1.29 is 18.0 Å². The number of anilines is 2. The van der Waals surface area contributed by atoms with Gasteiger partial charge in [0.05, 0.1) is 11.4 Å². The van der Waals surface area contributed by atoms with Crippen LogP contribution in [0.3, 0.4) is 0 Å². The van der Waals surface area contributed by atoms with Gasteiger partial charge >= 0.3 is 0 Å². The molecular weight excluding hydrogens is 390 g/mol. The molecule has 1 saturated heterocycles. The summed E-state index contributed by atoms with van der Waals surface area (Å²) in [7, 11) is -1.19. The highest BCUT2D eigenvalue weighted by molar-refractivity contribution is 7.74. The number of amides is 2. The monoisotopic (exact) mass is 415 g/mol. The summed E-state index contributed by atoms with van der Waals surface area (Å²) in [6.07, 6.45) is 0.424. The van der Waals surface area contributed by atoms with Crippen molar-refractivity contribution in [2.24, 2.45) is 5.92 Å². The Labute approximate surface area is 172 Å². The van der Waals surface area contributed by atoms with Gasteiger partial charge in [0.15, 0.2) is 0 Å². The molecule has 1 heterocycles. The Hall–Kier alpha value is -2.87. The van der Waals surface area contributed by atoms with Crippen molar-refractivity contribution in [3.8, 4) is 0 Å². The van der Waals surface area contributed by atoms with Gasteiger partial charge in [-0.1, -0.05) is 23.8 Å². The normalized spacial score (nSPS) is 16.3. The predicted molar refractivity (Wildman–Crippen MR) is 113 cm³/mol. The van der Waals surface area contributed by atoms with Gasteiger partial charge in [0.2, 0.25) is 16.8 Å². The number of benzene rings is 2. The van der Waals surface area contributed by atoms with Gasteiger partial charge in [0, 0.05) is 38.0 Å². The van der Waals surface area contributed by atoms with E-state index in [0.29, 0.717) is 36.4 Å². The number of nitrogens with zero attached hydrogens (tertiary/aromatic N) is 2. The molecule has 7 nitrogen and oxygen atoms in total. The van der Waals surface area contributed by atoms with Crippen molar-refractivity contribution in [1.29, 1.82) is 0 Å². The first-order chi connectivity index (χ1) is 13.8. The zero-order chi connectivity index (χ0) is 21.1. The van der Waals surface area contributed by atoms with E-state index in [1.165, 1.54) is 4.31 Å². The lowest BCUT2D eigenvalue weighted by Crippen LogP contribution is -2.30. The Bertz CT molecular complexity index is 993. The van der Waals surface area contributed by atoms with E-state index >= 15 is 0 Å². The van der Waals surface area contributed by atoms with Gasteiger partial charge in [-0.05, 0) is 43.7 Å². The molecule has 0 spiro atoms. The Balaban J connectivity index is 1.81. The maximum Gasteiger partial charge on any atom is 0.251 e. The number of carbonyl (C=O) groups is 2. The number of hydrogen-bond acceptors (Lipinski definition) is 4. The summed E-state index contributed by atoms with van der Waals surface area (Å²) >= 11 is 0. The van der Waals surface area contributed by atoms with Crippen molar-refractivity contribution >= 4 is 34.1 Å². The lowest BCUT2D eigenvalue weighted by molar-refractivity contribution is -0.126. The van der Waals surface area contributed by atoms with Crippen LogP contribution >= 0.6 is 0 Å². The highest BCUT2D eigenvalue weighted by Gasteiger charge is 2.27. The molecule has 0 aromatic heterocycles. The van der Waals surface area contributed by atoms with Crippen LogP contribution in [0.4, 0.5) is 11.4 Å². The summed E-state index contributed by atoms with van der Waals surface area (Å²) < 4.78 is 25.2. The molecule has 1 aliphatic rings. The minimum atomic E-state index is -2.94. The standard InChI is InChI=1S/C21H25N3O4S/c1-14-4-8-18(9-5-14)24(29(27)28)19-11-17(7-6-15(19)2)21(26)22-12-16-10-20(25)23(3)13-16/h4-9,11,16,29H,10,12-13H2,1-3H3,(H,22,26). The number of rotatable bonds is 6. The molecule has 3 rings (SSSR count). The van der Waals surface area contributed by atoms with Crippen molar-refractivity contribution in [2.75, 3.05) is 24.4 Å². The Morgan fingerprint density at radius 3 is 2.45 bits per heavy atom. The maximum absolute atomic E-state index is 12.6. The third kappa shape index (κ3) is 4.76. The summed E-state index contributed by atoms with van der Waals surface area (Å²) in [5.74, 6) is -0.130. The maximum atomic E-state index is 12.6. The smallest absolute Gasteiger partial charge is 0.251 e. The van der Waals surface area contributed by atoms with Gasteiger partial charge in [-0.3, -0.25) is 9.59 Å². The predicted octanol–water partition coefficient (Wildman–Crippen LogP) is 2.18. The molecule has 0 bridgehead atoms. The van der Waals surface area contributed by atoms with E-state index in [9.17, 15) is 18.0 Å². The molecular formula is C21H25N3O4S. The highest BCUT2D eigenvalue weighted by Crippen LogP contribution is 2.30. The summed E-state index contributed by atoms with van der Waals surface area (Å²) in [6, 6.07) is 12.1. The molecule has 0 radical (unpaired) electrons. The number of carbonyl (C=O) groups excluding carboxylic acids is 2. The largest absolute Gasteiger partial charge is 0.352 e. The minimum Gasteiger partial charge on any atom is -0.352 e. The Morgan fingerprint density at radius 1 is 1.17 bits per heavy atom. The zero-order valence-corrected chi connectivity index (χ0v) is 17.6.